The summed E-state index contributed by atoms with van der Waals surface area (Å²) in [4.78, 5) is 4.49. The van der Waals surface area contributed by atoms with E-state index >= 15 is 0 Å². The minimum Gasteiger partial charge on any atom is -0.386 e. The summed E-state index contributed by atoms with van der Waals surface area (Å²) >= 11 is 0. The van der Waals surface area contributed by atoms with Gasteiger partial charge in [-0.05, 0) is 75.6 Å². The Morgan fingerprint density at radius 1 is 1.00 bits per heavy atom. The van der Waals surface area contributed by atoms with E-state index in [1.54, 1.807) is 12.1 Å². The lowest BCUT2D eigenvalue weighted by atomic mass is 9.95. The van der Waals surface area contributed by atoms with Crippen LogP contribution < -0.4 is 5.32 Å². The zero-order valence-electron chi connectivity index (χ0n) is 25.5. The first-order chi connectivity index (χ1) is 18.3. The van der Waals surface area contributed by atoms with Crippen LogP contribution in [0.15, 0.2) is 72.5 Å². The van der Waals surface area contributed by atoms with Gasteiger partial charge in [-0.3, -0.25) is 0 Å². The zero-order chi connectivity index (χ0) is 29.8. The zero-order valence-corrected chi connectivity index (χ0v) is 25.5. The number of allylic oxidation sites excluding steroid dienone is 3. The van der Waals surface area contributed by atoms with Crippen molar-refractivity contribution in [1.29, 1.82) is 0 Å². The van der Waals surface area contributed by atoms with Gasteiger partial charge in [-0.1, -0.05) is 78.8 Å². The highest BCUT2D eigenvalue weighted by Crippen LogP contribution is 2.32. The van der Waals surface area contributed by atoms with Gasteiger partial charge in [-0.2, -0.15) is 13.2 Å². The molecule has 1 N–H and O–H groups in total. The quantitative estimate of drug-likeness (QED) is 0.349. The van der Waals surface area contributed by atoms with Gasteiger partial charge in [0.25, 0.3) is 0 Å². The van der Waals surface area contributed by atoms with Gasteiger partial charge < -0.3 is 15.1 Å². The lowest BCUT2D eigenvalue weighted by molar-refractivity contribution is -0.137. The van der Waals surface area contributed by atoms with E-state index in [2.05, 4.69) is 69.5 Å². The largest absolute Gasteiger partial charge is 0.416 e. The summed E-state index contributed by atoms with van der Waals surface area (Å²) in [6.45, 7) is 29.2. The highest BCUT2D eigenvalue weighted by molar-refractivity contribution is 5.37. The van der Waals surface area contributed by atoms with E-state index < -0.39 is 11.7 Å². The Morgan fingerprint density at radius 3 is 2.05 bits per heavy atom. The summed E-state index contributed by atoms with van der Waals surface area (Å²) in [5.41, 5.74) is 4.95. The monoisotopic (exact) mass is 547 g/mol. The molecule has 0 unspecified atom stereocenters. The van der Waals surface area contributed by atoms with E-state index in [9.17, 15) is 13.2 Å². The molecule has 3 rings (SSSR count). The molecule has 39 heavy (non-hydrogen) atoms. The van der Waals surface area contributed by atoms with Gasteiger partial charge in [0.05, 0.1) is 5.56 Å². The number of rotatable bonds is 8. The van der Waals surface area contributed by atoms with E-state index in [1.807, 2.05) is 13.8 Å². The van der Waals surface area contributed by atoms with Crippen molar-refractivity contribution in [3.05, 3.63) is 83.6 Å². The minimum absolute atomic E-state index is 0.527. The Morgan fingerprint density at radius 2 is 1.56 bits per heavy atom. The van der Waals surface area contributed by atoms with Crippen molar-refractivity contribution in [3.8, 4) is 0 Å². The summed E-state index contributed by atoms with van der Waals surface area (Å²) in [6.07, 6.45) is 3.46. The number of nitrogens with zero attached hydrogens (tertiary/aromatic N) is 2. The Hall–Kier alpha value is -2.63. The number of aryl methyl sites for hydroxylation is 1. The standard InChI is InChI=1S/C17H22F3N.C14H24N2.C2H6/c1-13(21-16-5-3-2-4-6-16)7-8-14-9-11-15(12-10-14)17(18,19)20;1-8-15-12(5)11(4)13(6)16(14(15)7)9-10(2)3;1-2/h9-12,16,21H,1-8H2;10H,5,7-9H2,1-4,6H3;1-2H3. The fourth-order valence-corrected chi connectivity index (χ4v) is 4.85. The summed E-state index contributed by atoms with van der Waals surface area (Å²) < 4.78 is 37.4. The Labute approximate surface area is 236 Å². The molecule has 220 valence electrons. The number of likely N-dealkylation sites (N-methyl/N-ethyl adjacent to an activating group) is 1. The van der Waals surface area contributed by atoms with Gasteiger partial charge in [0.1, 0.15) is 5.82 Å². The molecule has 1 fully saturated rings. The van der Waals surface area contributed by atoms with E-state index in [-0.39, 0.29) is 0 Å². The molecule has 0 bridgehead atoms. The smallest absolute Gasteiger partial charge is 0.386 e. The number of hydrogen-bond donors (Lipinski definition) is 1. The molecule has 0 aromatic heterocycles. The number of benzene rings is 1. The molecule has 6 heteroatoms. The number of halogens is 3. The molecule has 0 radical (unpaired) electrons. The number of alkyl halides is 3. The molecule has 1 aromatic carbocycles. The summed E-state index contributed by atoms with van der Waals surface area (Å²) in [5.74, 6) is 1.69. The fraction of sp³-hybridized carbons (Fsp3) is 0.576. The van der Waals surface area contributed by atoms with Gasteiger partial charge in [-0.25, -0.2) is 0 Å². The van der Waals surface area contributed by atoms with Crippen LogP contribution in [0.1, 0.15) is 98.1 Å². The van der Waals surface area contributed by atoms with Crippen LogP contribution in [0.25, 0.3) is 0 Å². The third-order valence-corrected chi connectivity index (χ3v) is 7.20. The van der Waals surface area contributed by atoms with Crippen molar-refractivity contribution >= 4 is 0 Å². The molecule has 0 saturated heterocycles. The molecule has 1 heterocycles. The third-order valence-electron chi connectivity index (χ3n) is 7.20. The van der Waals surface area contributed by atoms with Gasteiger partial charge in [0, 0.05) is 36.2 Å². The van der Waals surface area contributed by atoms with Crippen molar-refractivity contribution in [3.63, 3.8) is 0 Å². The molecule has 0 amide bonds. The first-order valence-corrected chi connectivity index (χ1v) is 14.6. The average Bonchev–Trinajstić information content (AvgIpc) is 2.91. The molecule has 3 nitrogen and oxygen atoms in total. The maximum atomic E-state index is 12.5. The van der Waals surface area contributed by atoms with Crippen molar-refractivity contribution in [2.75, 3.05) is 13.1 Å². The summed E-state index contributed by atoms with van der Waals surface area (Å²) in [7, 11) is 0. The van der Waals surface area contributed by atoms with Crippen molar-refractivity contribution in [2.45, 2.75) is 106 Å². The van der Waals surface area contributed by atoms with E-state index in [0.717, 1.165) is 60.8 Å². The first kappa shape index (κ1) is 34.4. The third kappa shape index (κ3) is 10.8. The van der Waals surface area contributed by atoms with Crippen LogP contribution in [0.3, 0.4) is 0 Å². The van der Waals surface area contributed by atoms with E-state index in [1.165, 1.54) is 43.4 Å². The predicted octanol–water partition coefficient (Wildman–Crippen LogP) is 9.66. The van der Waals surface area contributed by atoms with Crippen molar-refractivity contribution < 1.29 is 13.2 Å². The van der Waals surface area contributed by atoms with Crippen LogP contribution in [0, 0.1) is 5.92 Å². The molecule has 1 aliphatic carbocycles. The summed E-state index contributed by atoms with van der Waals surface area (Å²) in [6, 6.07) is 5.92. The maximum Gasteiger partial charge on any atom is 0.416 e. The van der Waals surface area contributed by atoms with E-state index in [0.29, 0.717) is 12.0 Å². The van der Waals surface area contributed by atoms with Gasteiger partial charge >= 0.3 is 6.18 Å². The van der Waals surface area contributed by atoms with Crippen molar-refractivity contribution in [2.24, 2.45) is 5.92 Å². The van der Waals surface area contributed by atoms with Gasteiger partial charge in [-0.15, -0.1) is 0 Å². The Bertz CT molecular complexity index is 951. The highest BCUT2D eigenvalue weighted by Gasteiger charge is 2.30. The van der Waals surface area contributed by atoms with Crippen LogP contribution in [-0.4, -0.2) is 28.9 Å². The average molecular weight is 548 g/mol. The molecule has 2 aliphatic rings. The van der Waals surface area contributed by atoms with Crippen LogP contribution in [0.2, 0.25) is 0 Å². The lowest BCUT2D eigenvalue weighted by Crippen LogP contribution is -2.40. The second kappa shape index (κ2) is 16.5. The first-order valence-electron chi connectivity index (χ1n) is 14.6. The van der Waals surface area contributed by atoms with Crippen LogP contribution >= 0.6 is 0 Å². The molecular weight excluding hydrogens is 495 g/mol. The summed E-state index contributed by atoms with van der Waals surface area (Å²) in [5, 5.41) is 3.45. The second-order valence-electron chi connectivity index (χ2n) is 10.6. The Kier molecular flexibility index (Phi) is 14.5. The Balaban J connectivity index is 0.000000379. The normalized spacial score (nSPS) is 16.5. The molecule has 1 aliphatic heterocycles. The maximum absolute atomic E-state index is 12.5. The number of hydrogen-bond acceptors (Lipinski definition) is 3. The topological polar surface area (TPSA) is 18.5 Å². The van der Waals surface area contributed by atoms with Crippen LogP contribution in [0.4, 0.5) is 13.2 Å². The minimum atomic E-state index is -4.26. The van der Waals surface area contributed by atoms with Crippen LogP contribution in [0.5, 0.6) is 0 Å². The van der Waals surface area contributed by atoms with Crippen LogP contribution in [-0.2, 0) is 12.6 Å². The highest BCUT2D eigenvalue weighted by atomic mass is 19.4. The molecule has 0 spiro atoms. The van der Waals surface area contributed by atoms with E-state index in [4.69, 9.17) is 0 Å². The SMILES string of the molecule is C=C(CCc1ccc(C(F)(F)F)cc1)NC1CCCCC1.C=C1C(C)=C(C)N(CC(C)C)C(=C)N1CC.CC. The lowest BCUT2D eigenvalue weighted by Gasteiger charge is -2.42. The molecular formula is C33H52F3N3. The predicted molar refractivity (Wildman–Crippen MR) is 161 cm³/mol. The van der Waals surface area contributed by atoms with Gasteiger partial charge in [0.2, 0.25) is 0 Å². The fourth-order valence-electron chi connectivity index (χ4n) is 4.85. The molecule has 1 saturated carbocycles. The molecule has 1 aromatic rings. The second-order valence-corrected chi connectivity index (χ2v) is 10.6. The number of nitrogens with one attached hydrogen (secondary N) is 1. The van der Waals surface area contributed by atoms with Crippen molar-refractivity contribution in [1.82, 2.24) is 15.1 Å². The van der Waals surface area contributed by atoms with Gasteiger partial charge in [0.15, 0.2) is 0 Å². The molecule has 0 atom stereocenters.